The second-order valence-corrected chi connectivity index (χ2v) is 4.08. The van der Waals surface area contributed by atoms with Crippen molar-refractivity contribution in [3.8, 4) is 0 Å². The van der Waals surface area contributed by atoms with Crippen LogP contribution >= 0.6 is 9.24 Å². The lowest BCUT2D eigenvalue weighted by Crippen LogP contribution is -2.38. The van der Waals surface area contributed by atoms with Gasteiger partial charge in [-0.2, -0.15) is 0 Å². The van der Waals surface area contributed by atoms with Crippen LogP contribution in [0.1, 0.15) is 26.7 Å². The summed E-state index contributed by atoms with van der Waals surface area (Å²) >= 11 is 0. The van der Waals surface area contributed by atoms with Gasteiger partial charge in [0.15, 0.2) is 0 Å². The van der Waals surface area contributed by atoms with Crippen LogP contribution in [0.4, 0.5) is 0 Å². The Morgan fingerprint density at radius 1 is 1.46 bits per heavy atom. The van der Waals surface area contributed by atoms with E-state index in [1.165, 1.54) is 12.8 Å². The smallest absolute Gasteiger partial charge is 0.0514 e. The van der Waals surface area contributed by atoms with Gasteiger partial charge < -0.3 is 5.01 Å². The van der Waals surface area contributed by atoms with Crippen molar-refractivity contribution >= 4 is 9.24 Å². The first-order chi connectivity index (χ1) is 6.24. The third-order valence-corrected chi connectivity index (χ3v) is 3.01. The average molecular weight is 200 g/mol. The predicted octanol–water partition coefficient (Wildman–Crippen LogP) is 2.10. The van der Waals surface area contributed by atoms with Gasteiger partial charge in [-0.1, -0.05) is 13.8 Å². The summed E-state index contributed by atoms with van der Waals surface area (Å²) < 4.78 is 0. The molecule has 0 fully saturated rings. The van der Waals surface area contributed by atoms with Crippen molar-refractivity contribution in [3.05, 3.63) is 11.8 Å². The van der Waals surface area contributed by atoms with Crippen LogP contribution in [0.15, 0.2) is 11.8 Å². The fourth-order valence-electron chi connectivity index (χ4n) is 2.00. The monoisotopic (exact) mass is 200 g/mol. The van der Waals surface area contributed by atoms with Gasteiger partial charge in [-0.3, -0.25) is 0 Å². The second-order valence-electron chi connectivity index (χ2n) is 3.51. The Bertz CT molecular complexity index is 191. The molecule has 0 aliphatic carbocycles. The Morgan fingerprint density at radius 3 is 2.54 bits per heavy atom. The molecular weight excluding hydrogens is 179 g/mol. The molecule has 1 heterocycles. The molecule has 1 aliphatic rings. The third-order valence-electron chi connectivity index (χ3n) is 2.75. The highest BCUT2D eigenvalue weighted by atomic mass is 31.0. The maximum absolute atomic E-state index is 2.78. The predicted molar refractivity (Wildman–Crippen MR) is 61.5 cm³/mol. The Morgan fingerprint density at radius 2 is 2.15 bits per heavy atom. The highest BCUT2D eigenvalue weighted by Crippen LogP contribution is 2.25. The first-order valence-electron chi connectivity index (χ1n) is 5.14. The van der Waals surface area contributed by atoms with Gasteiger partial charge in [0.25, 0.3) is 0 Å². The van der Waals surface area contributed by atoms with Crippen LogP contribution in [0.3, 0.4) is 0 Å². The lowest BCUT2D eigenvalue weighted by Gasteiger charge is -2.29. The van der Waals surface area contributed by atoms with E-state index in [0.29, 0.717) is 6.04 Å². The van der Waals surface area contributed by atoms with Crippen LogP contribution in [0.2, 0.25) is 0 Å². The van der Waals surface area contributed by atoms with Crippen molar-refractivity contribution in [2.24, 2.45) is 0 Å². The molecule has 1 aliphatic heterocycles. The topological polar surface area (TPSA) is 6.48 Å². The second kappa shape index (κ2) is 4.97. The average Bonchev–Trinajstić information content (AvgIpc) is 2.44. The van der Waals surface area contributed by atoms with Gasteiger partial charge in [-0.15, -0.1) is 9.24 Å². The molecule has 76 valence electrons. The number of hydrogen-bond acceptors (Lipinski definition) is 2. The minimum Gasteiger partial charge on any atom is -0.312 e. The summed E-state index contributed by atoms with van der Waals surface area (Å²) in [5.41, 5.74) is 1.57. The van der Waals surface area contributed by atoms with E-state index in [4.69, 9.17) is 0 Å². The van der Waals surface area contributed by atoms with Crippen LogP contribution in [0, 0.1) is 0 Å². The minimum atomic E-state index is 0.640. The summed E-state index contributed by atoms with van der Waals surface area (Å²) in [4.78, 5) is 0. The van der Waals surface area contributed by atoms with Crippen LogP contribution in [-0.4, -0.2) is 35.8 Å². The zero-order valence-corrected chi connectivity index (χ0v) is 10.1. The van der Waals surface area contributed by atoms with Crippen molar-refractivity contribution in [1.82, 2.24) is 10.0 Å². The molecule has 0 bridgehead atoms. The van der Waals surface area contributed by atoms with Crippen LogP contribution in [0.25, 0.3) is 0 Å². The molecular formula is C10H21N2P. The standard InChI is InChI=1S/C10H21N2P/c1-4-9-8-12(6-7-13)11(3)10(9)5-2/h8,10H,4-7,13H2,1-3H3. The number of hydrazine groups is 1. The molecule has 13 heavy (non-hydrogen) atoms. The molecule has 0 aromatic rings. The van der Waals surface area contributed by atoms with Gasteiger partial charge >= 0.3 is 0 Å². The van der Waals surface area contributed by atoms with Crippen LogP contribution in [-0.2, 0) is 0 Å². The Hall–Kier alpha value is -0.0700. The molecule has 0 radical (unpaired) electrons. The van der Waals surface area contributed by atoms with E-state index in [2.05, 4.69) is 46.4 Å². The van der Waals surface area contributed by atoms with E-state index >= 15 is 0 Å². The number of likely N-dealkylation sites (N-methyl/N-ethyl adjacent to an activating group) is 1. The van der Waals surface area contributed by atoms with Crippen LogP contribution < -0.4 is 0 Å². The highest BCUT2D eigenvalue weighted by Gasteiger charge is 2.26. The summed E-state index contributed by atoms with van der Waals surface area (Å²) in [5.74, 6) is 0. The van der Waals surface area contributed by atoms with Crippen molar-refractivity contribution in [2.45, 2.75) is 32.7 Å². The zero-order chi connectivity index (χ0) is 9.84. The number of nitrogens with zero attached hydrogens (tertiary/aromatic N) is 2. The van der Waals surface area contributed by atoms with Crippen molar-refractivity contribution in [2.75, 3.05) is 19.8 Å². The lowest BCUT2D eigenvalue weighted by atomic mass is 10.1. The molecule has 0 amide bonds. The Kier molecular flexibility index (Phi) is 4.21. The molecule has 2 nitrogen and oxygen atoms in total. The van der Waals surface area contributed by atoms with Crippen molar-refractivity contribution in [1.29, 1.82) is 0 Å². The minimum absolute atomic E-state index is 0.640. The summed E-state index contributed by atoms with van der Waals surface area (Å²) in [6.07, 6.45) is 5.84. The van der Waals surface area contributed by atoms with E-state index in [9.17, 15) is 0 Å². The quantitative estimate of drug-likeness (QED) is 0.641. The summed E-state index contributed by atoms with van der Waals surface area (Å²) in [6, 6.07) is 0.640. The van der Waals surface area contributed by atoms with Gasteiger partial charge in [-0.05, 0) is 24.6 Å². The lowest BCUT2D eigenvalue weighted by molar-refractivity contribution is 0.0496. The molecule has 0 saturated heterocycles. The van der Waals surface area contributed by atoms with E-state index in [-0.39, 0.29) is 0 Å². The molecule has 1 rings (SSSR count). The number of rotatable bonds is 4. The highest BCUT2D eigenvalue weighted by molar-refractivity contribution is 7.16. The first-order valence-corrected chi connectivity index (χ1v) is 5.96. The third kappa shape index (κ3) is 2.24. The van der Waals surface area contributed by atoms with Gasteiger partial charge in [0, 0.05) is 19.8 Å². The van der Waals surface area contributed by atoms with E-state index in [1.807, 2.05) is 0 Å². The van der Waals surface area contributed by atoms with Gasteiger partial charge in [-0.25, -0.2) is 5.01 Å². The molecule has 3 heteroatoms. The summed E-state index contributed by atoms with van der Waals surface area (Å²) in [6.45, 7) is 5.61. The molecule has 0 N–H and O–H groups in total. The maximum atomic E-state index is 2.78. The largest absolute Gasteiger partial charge is 0.312 e. The van der Waals surface area contributed by atoms with Gasteiger partial charge in [0.1, 0.15) is 0 Å². The zero-order valence-electron chi connectivity index (χ0n) is 8.95. The first kappa shape index (κ1) is 11.0. The van der Waals surface area contributed by atoms with Crippen LogP contribution in [0.5, 0.6) is 0 Å². The maximum Gasteiger partial charge on any atom is 0.0514 e. The van der Waals surface area contributed by atoms with Crippen molar-refractivity contribution in [3.63, 3.8) is 0 Å². The molecule has 0 saturated carbocycles. The fourth-order valence-corrected chi connectivity index (χ4v) is 2.26. The summed E-state index contributed by atoms with van der Waals surface area (Å²) in [5, 5.41) is 4.70. The Labute approximate surface area is 84.1 Å². The molecule has 0 aromatic heterocycles. The van der Waals surface area contributed by atoms with Crippen molar-refractivity contribution < 1.29 is 0 Å². The SMILES string of the molecule is CCC1=CN(CCP)N(C)C1CC. The van der Waals surface area contributed by atoms with Gasteiger partial charge in [0.05, 0.1) is 6.04 Å². The van der Waals surface area contributed by atoms with E-state index in [0.717, 1.165) is 12.7 Å². The molecule has 2 atom stereocenters. The molecule has 0 spiro atoms. The van der Waals surface area contributed by atoms with E-state index < -0.39 is 0 Å². The van der Waals surface area contributed by atoms with Gasteiger partial charge in [0.2, 0.25) is 0 Å². The molecule has 2 unspecified atom stereocenters. The Balaban J connectivity index is 2.66. The normalized spacial score (nSPS) is 23.8. The van der Waals surface area contributed by atoms with E-state index in [1.54, 1.807) is 5.57 Å². The summed E-state index contributed by atoms with van der Waals surface area (Å²) in [7, 11) is 4.97. The molecule has 0 aromatic carbocycles. The number of hydrogen-bond donors (Lipinski definition) is 0. The fraction of sp³-hybridized carbons (Fsp3) is 0.800.